The van der Waals surface area contributed by atoms with Crippen LogP contribution in [0.15, 0.2) is 36.9 Å². The molecule has 5 rings (SSSR count). The monoisotopic (exact) mass is 467 g/mol. The summed E-state index contributed by atoms with van der Waals surface area (Å²) >= 11 is 0. The number of nitrogens with zero attached hydrogens (tertiary/aromatic N) is 6. The van der Waals surface area contributed by atoms with Gasteiger partial charge in [-0.2, -0.15) is 10.2 Å². The van der Waals surface area contributed by atoms with E-state index in [0.717, 1.165) is 5.56 Å². The van der Waals surface area contributed by atoms with Crippen molar-refractivity contribution in [1.82, 2.24) is 39.7 Å². The maximum absolute atomic E-state index is 15.1. The van der Waals surface area contributed by atoms with Gasteiger partial charge >= 0.3 is 6.09 Å². The van der Waals surface area contributed by atoms with Crippen LogP contribution in [-0.4, -0.2) is 58.8 Å². The molecule has 1 amide bonds. The first kappa shape index (κ1) is 21.9. The number of alkyl halides is 1. The van der Waals surface area contributed by atoms with Crippen molar-refractivity contribution in [2.45, 2.75) is 50.9 Å². The van der Waals surface area contributed by atoms with Crippen LogP contribution in [-0.2, 0) is 11.8 Å². The Morgan fingerprint density at radius 1 is 1.32 bits per heavy atom. The number of amides is 1. The highest BCUT2D eigenvalue weighted by Gasteiger charge is 2.40. The Bertz CT molecular complexity index is 1310. The summed E-state index contributed by atoms with van der Waals surface area (Å²) in [4.78, 5) is 21.0. The van der Waals surface area contributed by atoms with Gasteiger partial charge in [0.25, 0.3) is 0 Å². The predicted octanol–water partition coefficient (Wildman–Crippen LogP) is 3.32. The largest absolute Gasteiger partial charge is 0.443 e. The molecule has 4 heterocycles. The minimum atomic E-state index is -1.32. The SMILES string of the molecule is CC(C)NC(=O)O[C@@H]1CC[C@H](c2cc(Nc3nc(-c4cnn(C)c4)cc4nccn34)n[nH]2)[C@@H]1F. The number of hydrogen-bond donors (Lipinski definition) is 3. The van der Waals surface area contributed by atoms with Crippen LogP contribution < -0.4 is 10.6 Å². The van der Waals surface area contributed by atoms with E-state index >= 15 is 4.39 Å². The fourth-order valence-electron chi connectivity index (χ4n) is 4.20. The van der Waals surface area contributed by atoms with Crippen molar-refractivity contribution < 1.29 is 13.9 Å². The third kappa shape index (κ3) is 4.30. The molecule has 12 heteroatoms. The number of carbonyl (C=O) groups excluding carboxylic acids is 1. The molecule has 1 saturated carbocycles. The molecule has 1 aliphatic carbocycles. The van der Waals surface area contributed by atoms with Crippen molar-refractivity contribution in [3.63, 3.8) is 0 Å². The van der Waals surface area contributed by atoms with Gasteiger partial charge in [0, 0.05) is 61.0 Å². The number of rotatable bonds is 6. The summed E-state index contributed by atoms with van der Waals surface area (Å²) in [7, 11) is 1.84. The zero-order valence-electron chi connectivity index (χ0n) is 19.1. The van der Waals surface area contributed by atoms with Gasteiger partial charge in [0.15, 0.2) is 5.82 Å². The van der Waals surface area contributed by atoms with Gasteiger partial charge in [-0.1, -0.05) is 0 Å². The molecule has 0 spiro atoms. The Hall–Kier alpha value is -3.96. The number of H-pyrrole nitrogens is 1. The molecule has 34 heavy (non-hydrogen) atoms. The summed E-state index contributed by atoms with van der Waals surface area (Å²) in [6.07, 6.45) is 5.38. The molecule has 4 aromatic heterocycles. The third-order valence-corrected chi connectivity index (χ3v) is 5.79. The van der Waals surface area contributed by atoms with E-state index in [-0.39, 0.29) is 6.04 Å². The Morgan fingerprint density at radius 3 is 2.94 bits per heavy atom. The van der Waals surface area contributed by atoms with Crippen LogP contribution in [0, 0.1) is 0 Å². The molecular weight excluding hydrogens is 441 g/mol. The van der Waals surface area contributed by atoms with Crippen LogP contribution in [0.5, 0.6) is 0 Å². The number of alkyl carbamates (subject to hydrolysis) is 1. The second-order valence-corrected chi connectivity index (χ2v) is 8.73. The average molecular weight is 468 g/mol. The fourth-order valence-corrected chi connectivity index (χ4v) is 4.20. The first-order valence-electron chi connectivity index (χ1n) is 11.1. The van der Waals surface area contributed by atoms with E-state index in [4.69, 9.17) is 9.72 Å². The molecule has 0 unspecified atom stereocenters. The second kappa shape index (κ2) is 8.76. The lowest BCUT2D eigenvalue weighted by Crippen LogP contribution is -2.36. The van der Waals surface area contributed by atoms with Crippen LogP contribution in [0.4, 0.5) is 21.0 Å². The van der Waals surface area contributed by atoms with Gasteiger partial charge in [0.2, 0.25) is 5.95 Å². The maximum Gasteiger partial charge on any atom is 0.407 e. The molecule has 3 atom stereocenters. The van der Waals surface area contributed by atoms with Crippen LogP contribution >= 0.6 is 0 Å². The fraction of sp³-hybridized carbons (Fsp3) is 0.409. The van der Waals surface area contributed by atoms with E-state index in [9.17, 15) is 4.79 Å². The molecule has 0 saturated heterocycles. The quantitative estimate of drug-likeness (QED) is 0.397. The Balaban J connectivity index is 1.33. The third-order valence-electron chi connectivity index (χ3n) is 5.79. The zero-order chi connectivity index (χ0) is 23.8. The Morgan fingerprint density at radius 2 is 2.18 bits per heavy atom. The van der Waals surface area contributed by atoms with E-state index in [1.807, 2.05) is 33.2 Å². The van der Waals surface area contributed by atoms with Gasteiger partial charge in [0.05, 0.1) is 11.9 Å². The van der Waals surface area contributed by atoms with Crippen LogP contribution in [0.1, 0.15) is 38.3 Å². The lowest BCUT2D eigenvalue weighted by Gasteiger charge is -2.18. The van der Waals surface area contributed by atoms with E-state index in [1.165, 1.54) is 0 Å². The molecule has 1 fully saturated rings. The molecule has 1 aliphatic rings. The summed E-state index contributed by atoms with van der Waals surface area (Å²) in [6.45, 7) is 3.65. The molecular formula is C22H26FN9O2. The van der Waals surface area contributed by atoms with Gasteiger partial charge in [-0.05, 0) is 26.7 Å². The number of aromatic amines is 1. The molecule has 0 aromatic carbocycles. The summed E-state index contributed by atoms with van der Waals surface area (Å²) in [6, 6.07) is 3.56. The van der Waals surface area contributed by atoms with E-state index < -0.39 is 24.3 Å². The second-order valence-electron chi connectivity index (χ2n) is 8.73. The minimum Gasteiger partial charge on any atom is -0.443 e. The first-order valence-corrected chi connectivity index (χ1v) is 11.1. The Kier molecular flexibility index (Phi) is 5.64. The molecule has 0 radical (unpaired) electrons. The normalized spacial score (nSPS) is 20.2. The lowest BCUT2D eigenvalue weighted by atomic mass is 10.0. The smallest absolute Gasteiger partial charge is 0.407 e. The number of aromatic nitrogens is 7. The van der Waals surface area contributed by atoms with Gasteiger partial charge in [0.1, 0.15) is 17.9 Å². The number of anilines is 2. The van der Waals surface area contributed by atoms with Crippen LogP contribution in [0.2, 0.25) is 0 Å². The van der Waals surface area contributed by atoms with Gasteiger partial charge in [-0.25, -0.2) is 19.2 Å². The number of carbonyl (C=O) groups is 1. The molecule has 3 N–H and O–H groups in total. The summed E-state index contributed by atoms with van der Waals surface area (Å²) < 4.78 is 23.9. The summed E-state index contributed by atoms with van der Waals surface area (Å²) in [5.41, 5.74) is 2.92. The van der Waals surface area contributed by atoms with E-state index in [2.05, 4.69) is 30.9 Å². The average Bonchev–Trinajstić information content (AvgIpc) is 3.56. The van der Waals surface area contributed by atoms with E-state index in [1.54, 1.807) is 33.7 Å². The van der Waals surface area contributed by atoms with Crippen LogP contribution in [0.3, 0.4) is 0 Å². The number of hydrogen-bond acceptors (Lipinski definition) is 7. The molecule has 0 bridgehead atoms. The minimum absolute atomic E-state index is 0.0729. The topological polar surface area (TPSA) is 127 Å². The molecule has 178 valence electrons. The highest BCUT2D eigenvalue weighted by molar-refractivity contribution is 5.68. The van der Waals surface area contributed by atoms with Crippen molar-refractivity contribution in [1.29, 1.82) is 0 Å². The van der Waals surface area contributed by atoms with Crippen molar-refractivity contribution in [2.24, 2.45) is 7.05 Å². The number of halogens is 1. The highest BCUT2D eigenvalue weighted by atomic mass is 19.1. The lowest BCUT2D eigenvalue weighted by molar-refractivity contribution is 0.0555. The van der Waals surface area contributed by atoms with Crippen LogP contribution in [0.25, 0.3) is 16.9 Å². The summed E-state index contributed by atoms with van der Waals surface area (Å²) in [5, 5.41) is 17.3. The maximum atomic E-state index is 15.1. The van der Waals surface area contributed by atoms with Gasteiger partial charge < -0.3 is 15.4 Å². The first-order chi connectivity index (χ1) is 16.4. The Labute approximate surface area is 194 Å². The highest BCUT2D eigenvalue weighted by Crippen LogP contribution is 2.38. The molecule has 11 nitrogen and oxygen atoms in total. The number of fused-ring (bicyclic) bond motifs is 1. The molecule has 4 aromatic rings. The number of imidazole rings is 1. The van der Waals surface area contributed by atoms with Crippen molar-refractivity contribution in [3.8, 4) is 11.3 Å². The van der Waals surface area contributed by atoms with E-state index in [0.29, 0.717) is 41.6 Å². The number of nitrogens with one attached hydrogen (secondary N) is 3. The zero-order valence-corrected chi connectivity index (χ0v) is 19.1. The van der Waals surface area contributed by atoms with Crippen molar-refractivity contribution in [3.05, 3.63) is 42.6 Å². The summed E-state index contributed by atoms with van der Waals surface area (Å²) in [5.74, 6) is 0.569. The number of aryl methyl sites for hydroxylation is 1. The predicted molar refractivity (Wildman–Crippen MR) is 122 cm³/mol. The number of ether oxygens (including phenoxy) is 1. The molecule has 0 aliphatic heterocycles. The standard InChI is InChI=1S/C22H26FN9O2/c1-12(2)26-22(33)34-17-5-4-14(20(17)23)16-8-18(30-29-16)28-21-27-15(13-10-25-31(3)11-13)9-19-24-6-7-32(19)21/h6-12,14,17,20H,4-5H2,1-3H3,(H,26,33)(H2,27,28,29,30)/t14-,17-,20+/m1/s1. The van der Waals surface area contributed by atoms with Gasteiger partial charge in [-0.3, -0.25) is 14.2 Å². The van der Waals surface area contributed by atoms with Crippen molar-refractivity contribution in [2.75, 3.05) is 5.32 Å². The van der Waals surface area contributed by atoms with Crippen molar-refractivity contribution >= 4 is 23.5 Å². The van der Waals surface area contributed by atoms with Gasteiger partial charge in [-0.15, -0.1) is 0 Å².